The van der Waals surface area contributed by atoms with Crippen LogP contribution in [0.4, 0.5) is 5.69 Å². The van der Waals surface area contributed by atoms with Gasteiger partial charge in [0.05, 0.1) is 22.9 Å². The average molecular weight is 474 g/mol. The highest BCUT2D eigenvalue weighted by molar-refractivity contribution is 7.93. The fraction of sp³-hybridized carbons (Fsp3) is 0.381. The molecule has 1 amide bonds. The number of piperazine rings is 1. The summed E-state index contributed by atoms with van der Waals surface area (Å²) in [6.45, 7) is 3.56. The first-order valence-electron chi connectivity index (χ1n) is 10.5. The number of hydrogen-bond acceptors (Lipinski definition) is 8. The largest absolute Gasteiger partial charge is 0.338 e. The lowest BCUT2D eigenvalue weighted by molar-refractivity contribution is 0.0615. The van der Waals surface area contributed by atoms with Gasteiger partial charge in [-0.1, -0.05) is 17.3 Å². The zero-order chi connectivity index (χ0) is 22.1. The van der Waals surface area contributed by atoms with Crippen LogP contribution in [0.3, 0.4) is 0 Å². The Morgan fingerprint density at radius 2 is 1.94 bits per heavy atom. The smallest absolute Gasteiger partial charge is 0.254 e. The Balaban J connectivity index is 1.19. The zero-order valence-electron chi connectivity index (χ0n) is 17.4. The number of nitrogens with zero attached hydrogens (tertiary/aromatic N) is 5. The first-order valence-corrected chi connectivity index (χ1v) is 13.0. The highest BCUT2D eigenvalue weighted by Crippen LogP contribution is 2.26. The van der Waals surface area contributed by atoms with Crippen LogP contribution in [-0.2, 0) is 16.6 Å². The minimum atomic E-state index is -3.27. The molecule has 11 heteroatoms. The molecule has 1 aromatic carbocycles. The number of thiophene rings is 1. The molecule has 2 aliphatic heterocycles. The SMILES string of the molecule is O=C(c1cccc(N2CCCS2(=O)=O)c1)N1CCN(Cc2nc(-c3cccs3)no2)CC1. The molecule has 2 saturated heterocycles. The lowest BCUT2D eigenvalue weighted by Gasteiger charge is -2.34. The highest BCUT2D eigenvalue weighted by Gasteiger charge is 2.29. The van der Waals surface area contributed by atoms with Crippen LogP contribution in [-0.4, -0.2) is 72.7 Å². The number of benzene rings is 1. The number of amides is 1. The number of anilines is 1. The van der Waals surface area contributed by atoms with Gasteiger partial charge in [0.2, 0.25) is 21.7 Å². The van der Waals surface area contributed by atoms with Crippen LogP contribution in [0.2, 0.25) is 0 Å². The van der Waals surface area contributed by atoms with Gasteiger partial charge in [0, 0.05) is 38.3 Å². The maximum atomic E-state index is 13.0. The molecule has 9 nitrogen and oxygen atoms in total. The molecule has 0 aliphatic carbocycles. The van der Waals surface area contributed by atoms with E-state index in [0.717, 1.165) is 4.88 Å². The van der Waals surface area contributed by atoms with Gasteiger partial charge in [0.15, 0.2) is 0 Å². The molecule has 0 saturated carbocycles. The van der Waals surface area contributed by atoms with E-state index in [9.17, 15) is 13.2 Å². The van der Waals surface area contributed by atoms with Gasteiger partial charge in [-0.2, -0.15) is 4.98 Å². The van der Waals surface area contributed by atoms with Crippen molar-refractivity contribution >= 4 is 33.0 Å². The number of carbonyl (C=O) groups is 1. The minimum Gasteiger partial charge on any atom is -0.338 e. The third-order valence-corrected chi connectivity index (χ3v) is 8.44. The summed E-state index contributed by atoms with van der Waals surface area (Å²) >= 11 is 1.57. The Morgan fingerprint density at radius 1 is 1.09 bits per heavy atom. The van der Waals surface area contributed by atoms with Crippen molar-refractivity contribution in [1.29, 1.82) is 0 Å². The van der Waals surface area contributed by atoms with Gasteiger partial charge in [-0.3, -0.25) is 14.0 Å². The second-order valence-corrected chi connectivity index (χ2v) is 10.8. The van der Waals surface area contributed by atoms with E-state index in [4.69, 9.17) is 4.52 Å². The van der Waals surface area contributed by atoms with Crippen molar-refractivity contribution in [3.63, 3.8) is 0 Å². The third-order valence-electron chi connectivity index (χ3n) is 5.71. The number of carbonyl (C=O) groups excluding carboxylic acids is 1. The van der Waals surface area contributed by atoms with Gasteiger partial charge >= 0.3 is 0 Å². The second-order valence-electron chi connectivity index (χ2n) is 7.85. The maximum Gasteiger partial charge on any atom is 0.254 e. The molecule has 2 aromatic heterocycles. The summed E-state index contributed by atoms with van der Waals surface area (Å²) in [5.74, 6) is 1.24. The monoisotopic (exact) mass is 473 g/mol. The molecule has 0 atom stereocenters. The second kappa shape index (κ2) is 8.64. The molecule has 0 N–H and O–H groups in total. The van der Waals surface area contributed by atoms with Gasteiger partial charge in [0.25, 0.3) is 5.91 Å². The van der Waals surface area contributed by atoms with E-state index in [1.807, 2.05) is 17.5 Å². The van der Waals surface area contributed by atoms with Crippen molar-refractivity contribution in [2.45, 2.75) is 13.0 Å². The summed E-state index contributed by atoms with van der Waals surface area (Å²) < 4.78 is 31.2. The summed E-state index contributed by atoms with van der Waals surface area (Å²) in [6, 6.07) is 10.8. The topological polar surface area (TPSA) is 99.9 Å². The molecule has 0 radical (unpaired) electrons. The molecule has 5 rings (SSSR count). The summed E-state index contributed by atoms with van der Waals surface area (Å²) in [5.41, 5.74) is 1.07. The fourth-order valence-electron chi connectivity index (χ4n) is 4.03. The molecule has 2 aliphatic rings. The molecule has 168 valence electrons. The van der Waals surface area contributed by atoms with E-state index in [1.165, 1.54) is 4.31 Å². The lowest BCUT2D eigenvalue weighted by atomic mass is 10.1. The van der Waals surface area contributed by atoms with Crippen molar-refractivity contribution in [3.05, 3.63) is 53.2 Å². The molecule has 32 heavy (non-hydrogen) atoms. The first kappa shape index (κ1) is 21.1. The fourth-order valence-corrected chi connectivity index (χ4v) is 6.24. The number of hydrogen-bond donors (Lipinski definition) is 0. The normalized spacial score (nSPS) is 18.9. The van der Waals surface area contributed by atoms with Crippen molar-refractivity contribution in [1.82, 2.24) is 19.9 Å². The summed E-state index contributed by atoms with van der Waals surface area (Å²) in [6.07, 6.45) is 0.608. The number of rotatable bonds is 5. The Kier molecular flexibility index (Phi) is 5.70. The van der Waals surface area contributed by atoms with E-state index in [2.05, 4.69) is 15.0 Å². The Bertz CT molecular complexity index is 1200. The standard InChI is InChI=1S/C21H23N5O4S2/c27-21(16-4-1-5-17(14-16)26-7-3-13-32(26,28)29)25-10-8-24(9-11-25)15-19-22-20(23-30-19)18-6-2-12-31-18/h1-2,4-6,12,14H,3,7-11,13,15H2. The van der Waals surface area contributed by atoms with Crippen LogP contribution in [0.5, 0.6) is 0 Å². The third kappa shape index (κ3) is 4.27. The van der Waals surface area contributed by atoms with Gasteiger partial charge in [-0.05, 0) is 36.1 Å². The van der Waals surface area contributed by atoms with Crippen LogP contribution in [0.25, 0.3) is 10.7 Å². The molecule has 0 spiro atoms. The Hall–Kier alpha value is -2.76. The molecule has 0 unspecified atom stereocenters. The molecule has 4 heterocycles. The molecule has 2 fully saturated rings. The van der Waals surface area contributed by atoms with Gasteiger partial charge in [0.1, 0.15) is 0 Å². The van der Waals surface area contributed by atoms with E-state index in [-0.39, 0.29) is 11.7 Å². The molecule has 0 bridgehead atoms. The van der Waals surface area contributed by atoms with E-state index >= 15 is 0 Å². The van der Waals surface area contributed by atoms with Gasteiger partial charge < -0.3 is 9.42 Å². The van der Waals surface area contributed by atoms with Crippen LogP contribution >= 0.6 is 11.3 Å². The quantitative estimate of drug-likeness (QED) is 0.561. The van der Waals surface area contributed by atoms with Crippen LogP contribution < -0.4 is 4.31 Å². The van der Waals surface area contributed by atoms with Gasteiger partial charge in [-0.15, -0.1) is 11.3 Å². The summed E-state index contributed by atoms with van der Waals surface area (Å²) in [4.78, 5) is 22.5. The summed E-state index contributed by atoms with van der Waals surface area (Å²) in [5, 5.41) is 6.02. The van der Waals surface area contributed by atoms with Crippen molar-refractivity contribution in [2.75, 3.05) is 42.8 Å². The lowest BCUT2D eigenvalue weighted by Crippen LogP contribution is -2.48. The Labute approximate surface area is 190 Å². The molecule has 3 aromatic rings. The first-order chi connectivity index (χ1) is 15.5. The van der Waals surface area contributed by atoms with E-state index < -0.39 is 10.0 Å². The van der Waals surface area contributed by atoms with E-state index in [0.29, 0.717) is 68.7 Å². The average Bonchev–Trinajstić information content (AvgIpc) is 3.55. The zero-order valence-corrected chi connectivity index (χ0v) is 19.0. The van der Waals surface area contributed by atoms with Crippen LogP contribution in [0, 0.1) is 0 Å². The van der Waals surface area contributed by atoms with Crippen molar-refractivity contribution in [2.24, 2.45) is 0 Å². The Morgan fingerprint density at radius 3 is 2.66 bits per heavy atom. The predicted octanol–water partition coefficient (Wildman–Crippen LogP) is 2.30. The maximum absolute atomic E-state index is 13.0. The van der Waals surface area contributed by atoms with Crippen molar-refractivity contribution < 1.29 is 17.7 Å². The molecular weight excluding hydrogens is 450 g/mol. The van der Waals surface area contributed by atoms with E-state index in [1.54, 1.807) is 40.5 Å². The minimum absolute atomic E-state index is 0.0825. The number of sulfonamides is 1. The highest BCUT2D eigenvalue weighted by atomic mass is 32.2. The van der Waals surface area contributed by atoms with Crippen molar-refractivity contribution in [3.8, 4) is 10.7 Å². The van der Waals surface area contributed by atoms with Crippen LogP contribution in [0.1, 0.15) is 22.7 Å². The predicted molar refractivity (Wildman–Crippen MR) is 121 cm³/mol. The van der Waals surface area contributed by atoms with Gasteiger partial charge in [-0.25, -0.2) is 8.42 Å². The molecular formula is C21H23N5O4S2. The summed E-state index contributed by atoms with van der Waals surface area (Å²) in [7, 11) is -3.27. The van der Waals surface area contributed by atoms with Crippen LogP contribution in [0.15, 0.2) is 46.3 Å². The number of aromatic nitrogens is 2.